The normalized spacial score (nSPS) is 12.4. The lowest BCUT2D eigenvalue weighted by Gasteiger charge is -2.12. The predicted octanol–water partition coefficient (Wildman–Crippen LogP) is 3.55. The van der Waals surface area contributed by atoms with Crippen molar-refractivity contribution in [3.05, 3.63) is 35.4 Å². The maximum atomic E-state index is 11.8. The van der Waals surface area contributed by atoms with E-state index in [2.05, 4.69) is 28.1 Å². The van der Waals surface area contributed by atoms with E-state index in [1.807, 2.05) is 19.1 Å². The molecule has 2 nitrogen and oxygen atoms in total. The molecule has 100 valence electrons. The van der Waals surface area contributed by atoms with E-state index in [1.165, 1.54) is 11.1 Å². The third-order valence-electron chi connectivity index (χ3n) is 2.94. The van der Waals surface area contributed by atoms with Gasteiger partial charge in [-0.3, -0.25) is 4.79 Å². The molecule has 0 N–H and O–H groups in total. The highest BCUT2D eigenvalue weighted by molar-refractivity contribution is 9.10. The molecule has 0 saturated heterocycles. The van der Waals surface area contributed by atoms with Crippen LogP contribution in [0.25, 0.3) is 0 Å². The summed E-state index contributed by atoms with van der Waals surface area (Å²) in [6.07, 6.45) is 3.22. The van der Waals surface area contributed by atoms with E-state index in [4.69, 9.17) is 4.74 Å². The molecule has 0 aliphatic rings. The van der Waals surface area contributed by atoms with Crippen molar-refractivity contribution < 1.29 is 9.53 Å². The molecule has 0 aliphatic heterocycles. The standard InChI is InChI=1S/C15H21BrO2/c1-3-6-15(17)14(16)11-13-8-5-4-7-12(13)9-10-18-2/h4-5,7-8,14H,3,6,9-11H2,1-2H3. The van der Waals surface area contributed by atoms with Gasteiger partial charge in [0.05, 0.1) is 11.4 Å². The fourth-order valence-electron chi connectivity index (χ4n) is 1.92. The Kier molecular flexibility index (Phi) is 7.21. The van der Waals surface area contributed by atoms with Gasteiger partial charge in [-0.05, 0) is 30.4 Å². The van der Waals surface area contributed by atoms with Gasteiger partial charge in [0.15, 0.2) is 0 Å². The Morgan fingerprint density at radius 1 is 1.33 bits per heavy atom. The molecular formula is C15H21BrO2. The third kappa shape index (κ3) is 4.91. The molecule has 0 heterocycles. The van der Waals surface area contributed by atoms with Gasteiger partial charge >= 0.3 is 0 Å². The van der Waals surface area contributed by atoms with E-state index < -0.39 is 0 Å². The van der Waals surface area contributed by atoms with Crippen LogP contribution >= 0.6 is 15.9 Å². The number of ether oxygens (including phenoxy) is 1. The minimum Gasteiger partial charge on any atom is -0.384 e. The molecule has 0 bridgehead atoms. The van der Waals surface area contributed by atoms with Gasteiger partial charge in [0.2, 0.25) is 0 Å². The number of hydrogen-bond donors (Lipinski definition) is 0. The molecule has 0 fully saturated rings. The number of Topliss-reactive ketones (excluding diaryl/α,β-unsaturated/α-hetero) is 1. The number of alkyl halides is 1. The number of benzene rings is 1. The van der Waals surface area contributed by atoms with Crippen molar-refractivity contribution >= 4 is 21.7 Å². The fraction of sp³-hybridized carbons (Fsp3) is 0.533. The Balaban J connectivity index is 2.68. The van der Waals surface area contributed by atoms with Gasteiger partial charge in [-0.2, -0.15) is 0 Å². The largest absolute Gasteiger partial charge is 0.384 e. The molecule has 3 heteroatoms. The average Bonchev–Trinajstić information content (AvgIpc) is 2.38. The lowest BCUT2D eigenvalue weighted by molar-refractivity contribution is -0.118. The molecular weight excluding hydrogens is 292 g/mol. The van der Waals surface area contributed by atoms with Gasteiger partial charge in [0, 0.05) is 13.5 Å². The fourth-order valence-corrected chi connectivity index (χ4v) is 2.50. The maximum absolute atomic E-state index is 11.8. The zero-order valence-corrected chi connectivity index (χ0v) is 12.7. The molecule has 1 atom stereocenters. The van der Waals surface area contributed by atoms with Gasteiger partial charge in [-0.15, -0.1) is 0 Å². The highest BCUT2D eigenvalue weighted by Crippen LogP contribution is 2.17. The Morgan fingerprint density at radius 3 is 2.61 bits per heavy atom. The topological polar surface area (TPSA) is 26.3 Å². The monoisotopic (exact) mass is 312 g/mol. The number of carbonyl (C=O) groups excluding carboxylic acids is 1. The summed E-state index contributed by atoms with van der Waals surface area (Å²) in [7, 11) is 1.71. The van der Waals surface area contributed by atoms with Gasteiger partial charge < -0.3 is 4.74 Å². The molecule has 0 aliphatic carbocycles. The molecule has 0 radical (unpaired) electrons. The molecule has 0 spiro atoms. The van der Waals surface area contributed by atoms with Crippen LogP contribution in [0, 0.1) is 0 Å². The number of carbonyl (C=O) groups is 1. The second kappa shape index (κ2) is 8.44. The second-order valence-corrected chi connectivity index (χ2v) is 5.50. The van der Waals surface area contributed by atoms with E-state index in [-0.39, 0.29) is 4.83 Å². The SMILES string of the molecule is CCCC(=O)C(Br)Cc1ccccc1CCOC. The molecule has 1 aromatic rings. The van der Waals surface area contributed by atoms with Crippen LogP contribution in [0.3, 0.4) is 0 Å². The van der Waals surface area contributed by atoms with Crippen LogP contribution in [-0.4, -0.2) is 24.3 Å². The molecule has 1 rings (SSSR count). The zero-order chi connectivity index (χ0) is 13.4. The van der Waals surface area contributed by atoms with E-state index >= 15 is 0 Å². The van der Waals surface area contributed by atoms with Gasteiger partial charge in [0.1, 0.15) is 5.78 Å². The summed E-state index contributed by atoms with van der Waals surface area (Å²) in [6, 6.07) is 8.26. The first-order valence-electron chi connectivity index (χ1n) is 6.41. The minimum atomic E-state index is -0.0684. The predicted molar refractivity (Wildman–Crippen MR) is 78.4 cm³/mol. The Morgan fingerprint density at radius 2 is 2.00 bits per heavy atom. The van der Waals surface area contributed by atoms with Gasteiger partial charge in [-0.1, -0.05) is 47.1 Å². The quantitative estimate of drug-likeness (QED) is 0.686. The maximum Gasteiger partial charge on any atom is 0.146 e. The summed E-state index contributed by atoms with van der Waals surface area (Å²) in [4.78, 5) is 11.7. The molecule has 0 amide bonds. The second-order valence-electron chi connectivity index (χ2n) is 4.40. The third-order valence-corrected chi connectivity index (χ3v) is 3.77. The van der Waals surface area contributed by atoms with Crippen LogP contribution in [0.15, 0.2) is 24.3 Å². The number of methoxy groups -OCH3 is 1. The molecule has 1 aromatic carbocycles. The molecule has 0 aromatic heterocycles. The Labute approximate surface area is 118 Å². The average molecular weight is 313 g/mol. The number of halogens is 1. The highest BCUT2D eigenvalue weighted by atomic mass is 79.9. The first-order valence-corrected chi connectivity index (χ1v) is 7.33. The summed E-state index contributed by atoms with van der Waals surface area (Å²) in [6.45, 7) is 2.75. The lowest BCUT2D eigenvalue weighted by Crippen LogP contribution is -2.17. The summed E-state index contributed by atoms with van der Waals surface area (Å²) in [5.41, 5.74) is 2.51. The number of hydrogen-bond acceptors (Lipinski definition) is 2. The summed E-state index contributed by atoms with van der Waals surface area (Å²) in [5, 5.41) is 0. The Bertz CT molecular complexity index is 377. The summed E-state index contributed by atoms with van der Waals surface area (Å²) < 4.78 is 5.11. The van der Waals surface area contributed by atoms with Crippen LogP contribution in [-0.2, 0) is 22.4 Å². The van der Waals surface area contributed by atoms with Crippen molar-refractivity contribution in [2.24, 2.45) is 0 Å². The number of ketones is 1. The summed E-state index contributed by atoms with van der Waals surface area (Å²) >= 11 is 3.50. The highest BCUT2D eigenvalue weighted by Gasteiger charge is 2.15. The number of rotatable bonds is 8. The van der Waals surface area contributed by atoms with Gasteiger partial charge in [-0.25, -0.2) is 0 Å². The molecule has 18 heavy (non-hydrogen) atoms. The van der Waals surface area contributed by atoms with Gasteiger partial charge in [0.25, 0.3) is 0 Å². The zero-order valence-electron chi connectivity index (χ0n) is 11.1. The van der Waals surface area contributed by atoms with Crippen LogP contribution in [0.1, 0.15) is 30.9 Å². The van der Waals surface area contributed by atoms with E-state index in [0.717, 1.165) is 19.3 Å². The van der Waals surface area contributed by atoms with Crippen LogP contribution in [0.2, 0.25) is 0 Å². The van der Waals surface area contributed by atoms with Crippen molar-refractivity contribution in [3.63, 3.8) is 0 Å². The smallest absolute Gasteiger partial charge is 0.146 e. The van der Waals surface area contributed by atoms with Crippen molar-refractivity contribution in [1.29, 1.82) is 0 Å². The van der Waals surface area contributed by atoms with Crippen molar-refractivity contribution in [3.8, 4) is 0 Å². The van der Waals surface area contributed by atoms with E-state index in [9.17, 15) is 4.79 Å². The van der Waals surface area contributed by atoms with Crippen LogP contribution in [0.4, 0.5) is 0 Å². The van der Waals surface area contributed by atoms with Crippen LogP contribution in [0.5, 0.6) is 0 Å². The van der Waals surface area contributed by atoms with E-state index in [1.54, 1.807) is 7.11 Å². The molecule has 1 unspecified atom stereocenters. The summed E-state index contributed by atoms with van der Waals surface area (Å²) in [5.74, 6) is 0.291. The van der Waals surface area contributed by atoms with Crippen molar-refractivity contribution in [2.75, 3.05) is 13.7 Å². The lowest BCUT2D eigenvalue weighted by atomic mass is 9.98. The van der Waals surface area contributed by atoms with Crippen LogP contribution < -0.4 is 0 Å². The first-order chi connectivity index (χ1) is 8.69. The van der Waals surface area contributed by atoms with E-state index in [0.29, 0.717) is 18.8 Å². The Hall–Kier alpha value is -0.670. The first kappa shape index (κ1) is 15.4. The van der Waals surface area contributed by atoms with Crippen molar-refractivity contribution in [2.45, 2.75) is 37.4 Å². The minimum absolute atomic E-state index is 0.0684. The molecule has 0 saturated carbocycles. The van der Waals surface area contributed by atoms with Crippen molar-refractivity contribution in [1.82, 2.24) is 0 Å².